The molecule has 0 spiro atoms. The van der Waals surface area contributed by atoms with Gasteiger partial charge >= 0.3 is 12.1 Å². The van der Waals surface area contributed by atoms with Gasteiger partial charge in [0, 0.05) is 30.9 Å². The van der Waals surface area contributed by atoms with E-state index in [0.29, 0.717) is 24.3 Å². The molecule has 1 amide bonds. The van der Waals surface area contributed by atoms with Crippen LogP contribution >= 0.6 is 0 Å². The predicted molar refractivity (Wildman–Crippen MR) is 123 cm³/mol. The number of hydrogen-bond acceptors (Lipinski definition) is 5. The summed E-state index contributed by atoms with van der Waals surface area (Å²) in [5.74, 6) is -1.81. The number of carboxylic acid groups (broad SMARTS) is 1. The fraction of sp³-hybridized carbons (Fsp3) is 0.542. The minimum Gasteiger partial charge on any atom is -0.477 e. The van der Waals surface area contributed by atoms with Crippen LogP contribution in [-0.2, 0) is 4.74 Å². The van der Waals surface area contributed by atoms with Crippen molar-refractivity contribution in [3.63, 3.8) is 0 Å². The number of hydrogen-bond donors (Lipinski definition) is 2. The molecule has 9 heteroatoms. The molecule has 1 aromatic carbocycles. The van der Waals surface area contributed by atoms with Crippen LogP contribution in [0, 0.1) is 18.7 Å². The lowest BCUT2D eigenvalue weighted by Crippen LogP contribution is -2.42. The molecular weight excluding hydrogens is 429 g/mol. The second kappa shape index (κ2) is 8.04. The topological polar surface area (TPSA) is 101 Å². The molecule has 2 fully saturated rings. The summed E-state index contributed by atoms with van der Waals surface area (Å²) >= 11 is 0. The van der Waals surface area contributed by atoms with Gasteiger partial charge in [-0.2, -0.15) is 0 Å². The highest BCUT2D eigenvalue weighted by atomic mass is 19.1. The first-order valence-corrected chi connectivity index (χ1v) is 11.2. The van der Waals surface area contributed by atoms with Crippen molar-refractivity contribution in [1.29, 1.82) is 0 Å². The number of aromatic carboxylic acids is 1. The molecule has 2 unspecified atom stereocenters. The van der Waals surface area contributed by atoms with Crippen molar-refractivity contribution in [3.05, 3.63) is 39.4 Å². The fourth-order valence-corrected chi connectivity index (χ4v) is 4.50. The zero-order chi connectivity index (χ0) is 24.2. The van der Waals surface area contributed by atoms with Gasteiger partial charge in [-0.05, 0) is 52.5 Å². The SMILES string of the molecule is Cc1c(F)c(N2CC(C)C(NC(=O)OC(C)(C)C)C2)cc2c1c(=O)c(C(=O)O)cn2C1CC1. The molecule has 2 heterocycles. The van der Waals surface area contributed by atoms with Gasteiger partial charge < -0.3 is 24.6 Å². The van der Waals surface area contributed by atoms with E-state index in [1.165, 1.54) is 13.1 Å². The van der Waals surface area contributed by atoms with Crippen LogP contribution < -0.4 is 15.6 Å². The molecule has 2 aromatic rings. The number of anilines is 1. The van der Waals surface area contributed by atoms with Crippen LogP contribution in [0.1, 0.15) is 62.5 Å². The predicted octanol–water partition coefficient (Wildman–Crippen LogP) is 3.83. The Hall–Kier alpha value is -3.10. The number of fused-ring (bicyclic) bond motifs is 1. The van der Waals surface area contributed by atoms with Crippen LogP contribution in [0.15, 0.2) is 17.1 Å². The van der Waals surface area contributed by atoms with Gasteiger partial charge in [-0.3, -0.25) is 4.79 Å². The second-order valence-electron chi connectivity index (χ2n) is 10.2. The number of amides is 1. The zero-order valence-electron chi connectivity index (χ0n) is 19.6. The van der Waals surface area contributed by atoms with E-state index >= 15 is 4.39 Å². The molecule has 0 bridgehead atoms. The number of nitrogens with one attached hydrogen (secondary N) is 1. The number of benzene rings is 1. The minimum atomic E-state index is -1.32. The van der Waals surface area contributed by atoms with E-state index in [2.05, 4.69) is 5.32 Å². The molecule has 1 aromatic heterocycles. The van der Waals surface area contributed by atoms with Crippen LogP contribution in [0.25, 0.3) is 10.9 Å². The average Bonchev–Trinajstić information content (AvgIpc) is 3.47. The standard InChI is InChI=1S/C24H30FN3O5/c1-12-9-27(11-16(12)26-23(32)33-24(3,4)5)18-8-17-19(13(2)20(18)25)21(29)15(22(30)31)10-28(17)14-6-7-14/h8,10,12,14,16H,6-7,9,11H2,1-5H3,(H,26,32)(H,30,31). The first-order chi connectivity index (χ1) is 15.4. The van der Waals surface area contributed by atoms with E-state index in [4.69, 9.17) is 4.74 Å². The molecule has 2 aliphatic rings. The van der Waals surface area contributed by atoms with Gasteiger partial charge in [0.2, 0.25) is 5.43 Å². The summed E-state index contributed by atoms with van der Waals surface area (Å²) in [5.41, 5.74) is -0.609. The molecule has 1 saturated carbocycles. The highest BCUT2D eigenvalue weighted by Crippen LogP contribution is 2.39. The summed E-state index contributed by atoms with van der Waals surface area (Å²) in [4.78, 5) is 38.6. The first kappa shape index (κ1) is 23.1. The smallest absolute Gasteiger partial charge is 0.407 e. The molecule has 1 aliphatic carbocycles. The summed E-state index contributed by atoms with van der Waals surface area (Å²) in [5, 5.41) is 12.5. The molecule has 1 saturated heterocycles. The van der Waals surface area contributed by atoms with Crippen LogP contribution in [0.5, 0.6) is 0 Å². The Morgan fingerprint density at radius 3 is 2.48 bits per heavy atom. The Morgan fingerprint density at radius 2 is 1.91 bits per heavy atom. The lowest BCUT2D eigenvalue weighted by molar-refractivity contribution is 0.0499. The van der Waals surface area contributed by atoms with Crippen molar-refractivity contribution < 1.29 is 23.8 Å². The fourth-order valence-electron chi connectivity index (χ4n) is 4.50. The van der Waals surface area contributed by atoms with Crippen molar-refractivity contribution in [2.45, 2.75) is 65.1 Å². The third-order valence-electron chi connectivity index (χ3n) is 6.30. The maximum atomic E-state index is 15.5. The van der Waals surface area contributed by atoms with Crippen molar-refractivity contribution >= 4 is 28.7 Å². The zero-order valence-corrected chi connectivity index (χ0v) is 19.6. The van der Waals surface area contributed by atoms with Gasteiger partial charge in [-0.1, -0.05) is 6.92 Å². The van der Waals surface area contributed by atoms with Gasteiger partial charge in [0.05, 0.1) is 22.6 Å². The van der Waals surface area contributed by atoms with Crippen LogP contribution in [0.3, 0.4) is 0 Å². The largest absolute Gasteiger partial charge is 0.477 e. The second-order valence-corrected chi connectivity index (χ2v) is 10.2. The number of aromatic nitrogens is 1. The lowest BCUT2D eigenvalue weighted by atomic mass is 10.0. The Labute approximate surface area is 191 Å². The molecule has 1 aliphatic heterocycles. The highest BCUT2D eigenvalue weighted by molar-refractivity contribution is 5.95. The monoisotopic (exact) mass is 459 g/mol. The Balaban J connectivity index is 1.72. The van der Waals surface area contributed by atoms with Crippen LogP contribution in [-0.4, -0.2) is 46.5 Å². The summed E-state index contributed by atoms with van der Waals surface area (Å²) in [6, 6.07) is 1.52. The first-order valence-electron chi connectivity index (χ1n) is 11.2. The van der Waals surface area contributed by atoms with Crippen molar-refractivity contribution in [3.8, 4) is 0 Å². The lowest BCUT2D eigenvalue weighted by Gasteiger charge is -2.24. The molecule has 178 valence electrons. The highest BCUT2D eigenvalue weighted by Gasteiger charge is 2.35. The third-order valence-corrected chi connectivity index (χ3v) is 6.30. The number of rotatable bonds is 4. The van der Waals surface area contributed by atoms with E-state index in [9.17, 15) is 19.5 Å². The van der Waals surface area contributed by atoms with Crippen LogP contribution in [0.2, 0.25) is 0 Å². The summed E-state index contributed by atoms with van der Waals surface area (Å²) < 4.78 is 22.7. The molecule has 8 nitrogen and oxygen atoms in total. The molecule has 2 atom stereocenters. The summed E-state index contributed by atoms with van der Waals surface area (Å²) in [6.07, 6.45) is 2.63. The number of pyridine rings is 1. The Morgan fingerprint density at radius 1 is 1.24 bits per heavy atom. The van der Waals surface area contributed by atoms with Gasteiger partial charge in [0.15, 0.2) is 0 Å². The van der Waals surface area contributed by atoms with E-state index in [-0.39, 0.29) is 34.5 Å². The number of ether oxygens (including phenoxy) is 1. The van der Waals surface area contributed by atoms with Crippen molar-refractivity contribution in [2.75, 3.05) is 18.0 Å². The van der Waals surface area contributed by atoms with Gasteiger partial charge in [-0.25, -0.2) is 14.0 Å². The van der Waals surface area contributed by atoms with Gasteiger partial charge in [0.25, 0.3) is 0 Å². The molecule has 4 rings (SSSR count). The molecule has 2 N–H and O–H groups in total. The third kappa shape index (κ3) is 4.41. The number of carbonyl (C=O) groups is 2. The quantitative estimate of drug-likeness (QED) is 0.721. The van der Waals surface area contributed by atoms with Gasteiger partial charge in [0.1, 0.15) is 17.0 Å². The minimum absolute atomic E-state index is 0.0490. The number of aryl methyl sites for hydroxylation is 1. The molecule has 33 heavy (non-hydrogen) atoms. The van der Waals surface area contributed by atoms with E-state index in [0.717, 1.165) is 12.8 Å². The number of alkyl carbamates (subject to hydrolysis) is 1. The molecule has 0 radical (unpaired) electrons. The van der Waals surface area contributed by atoms with E-state index < -0.39 is 28.9 Å². The Bertz CT molecular complexity index is 1200. The van der Waals surface area contributed by atoms with E-state index in [1.807, 2.05) is 11.8 Å². The van der Waals surface area contributed by atoms with Crippen LogP contribution in [0.4, 0.5) is 14.9 Å². The van der Waals surface area contributed by atoms with E-state index in [1.54, 1.807) is 31.4 Å². The maximum absolute atomic E-state index is 15.5. The maximum Gasteiger partial charge on any atom is 0.407 e. The summed E-state index contributed by atoms with van der Waals surface area (Å²) in [7, 11) is 0. The number of carboxylic acids is 1. The number of halogens is 1. The summed E-state index contributed by atoms with van der Waals surface area (Å²) in [6.45, 7) is 9.78. The normalized spacial score (nSPS) is 20.8. The van der Waals surface area contributed by atoms with Gasteiger partial charge in [-0.15, -0.1) is 0 Å². The number of nitrogens with zero attached hydrogens (tertiary/aromatic N) is 2. The van der Waals surface area contributed by atoms with Crippen molar-refractivity contribution in [1.82, 2.24) is 9.88 Å². The number of carbonyl (C=O) groups excluding carboxylic acids is 1. The van der Waals surface area contributed by atoms with Crippen molar-refractivity contribution in [2.24, 2.45) is 5.92 Å². The average molecular weight is 460 g/mol. The Kier molecular flexibility index (Phi) is 5.62. The molecular formula is C24H30FN3O5.